The van der Waals surface area contributed by atoms with Crippen LogP contribution in [0.15, 0.2) is 0 Å². The number of hydrogen-bond donors (Lipinski definition) is 1. The zero-order valence-electron chi connectivity index (χ0n) is 4.59. The summed E-state index contributed by atoms with van der Waals surface area (Å²) in [4.78, 5) is 0. The number of hydrogen-bond acceptors (Lipinski definition) is 2. The molecule has 0 aromatic rings. The third kappa shape index (κ3) is 0.399. The van der Waals surface area contributed by atoms with E-state index in [1.807, 2.05) is 0 Å². The highest BCUT2D eigenvalue weighted by molar-refractivity contribution is 5.10. The fourth-order valence-electron chi connectivity index (χ4n) is 1.47. The highest BCUT2D eigenvalue weighted by Crippen LogP contribution is 2.41. The van der Waals surface area contributed by atoms with E-state index in [9.17, 15) is 0 Å². The second-order valence-corrected chi connectivity index (χ2v) is 2.65. The molecule has 0 aromatic carbocycles. The molecule has 2 rings (SSSR count). The van der Waals surface area contributed by atoms with Crippen LogP contribution in [0.3, 0.4) is 0 Å². The van der Waals surface area contributed by atoms with Crippen molar-refractivity contribution in [3.05, 3.63) is 0 Å². The molecule has 0 spiro atoms. The maximum Gasteiger partial charge on any atom is 0.0672 e. The molecule has 0 amide bonds. The topological polar surface area (TPSA) is 35.8 Å². The van der Waals surface area contributed by atoms with Crippen molar-refractivity contribution in [3.8, 4) is 6.07 Å². The monoisotopic (exact) mass is 108 g/mol. The Morgan fingerprint density at radius 3 is 2.75 bits per heavy atom. The molecule has 1 aliphatic carbocycles. The Kier molecular flexibility index (Phi) is 0.671. The van der Waals surface area contributed by atoms with Crippen LogP contribution in [0, 0.1) is 23.2 Å². The van der Waals surface area contributed by atoms with E-state index in [0.29, 0.717) is 5.92 Å². The van der Waals surface area contributed by atoms with Gasteiger partial charge >= 0.3 is 0 Å². The molecule has 2 heteroatoms. The summed E-state index contributed by atoms with van der Waals surface area (Å²) in [6, 6.07) is 3.01. The summed E-state index contributed by atoms with van der Waals surface area (Å²) >= 11 is 0. The Balaban J connectivity index is 2.09. The number of rotatable bonds is 0. The molecule has 1 saturated heterocycles. The minimum Gasteiger partial charge on any atom is -0.312 e. The minimum absolute atomic E-state index is 0.333. The minimum atomic E-state index is 0.333. The van der Waals surface area contributed by atoms with Gasteiger partial charge in [-0.25, -0.2) is 0 Å². The molecule has 1 heterocycles. The summed E-state index contributed by atoms with van der Waals surface area (Å²) in [6.07, 6.45) is 1.25. The molecule has 42 valence electrons. The fourth-order valence-corrected chi connectivity index (χ4v) is 1.47. The first kappa shape index (κ1) is 4.34. The van der Waals surface area contributed by atoms with Crippen LogP contribution in [0.1, 0.15) is 6.42 Å². The van der Waals surface area contributed by atoms with Gasteiger partial charge in [0, 0.05) is 12.6 Å². The zero-order valence-corrected chi connectivity index (χ0v) is 4.59. The lowest BCUT2D eigenvalue weighted by atomic mass is 10.1. The van der Waals surface area contributed by atoms with Crippen LogP contribution >= 0.6 is 0 Å². The van der Waals surface area contributed by atoms with E-state index >= 15 is 0 Å². The van der Waals surface area contributed by atoms with Crippen LogP contribution in [-0.2, 0) is 0 Å². The summed E-state index contributed by atoms with van der Waals surface area (Å²) in [5.74, 6) is 1.06. The van der Waals surface area contributed by atoms with Gasteiger partial charge in [0.25, 0.3) is 0 Å². The van der Waals surface area contributed by atoms with Gasteiger partial charge in [0.1, 0.15) is 0 Å². The number of nitriles is 1. The molecule has 0 aromatic heterocycles. The lowest BCUT2D eigenvalue weighted by Gasteiger charge is -1.95. The normalized spacial score (nSPS) is 50.1. The van der Waals surface area contributed by atoms with Crippen LogP contribution in [0.4, 0.5) is 0 Å². The Hall–Kier alpha value is -0.550. The van der Waals surface area contributed by atoms with Gasteiger partial charge in [-0.05, 0) is 12.3 Å². The van der Waals surface area contributed by atoms with E-state index in [2.05, 4.69) is 11.4 Å². The Morgan fingerprint density at radius 1 is 1.62 bits per heavy atom. The van der Waals surface area contributed by atoms with Crippen molar-refractivity contribution in [1.29, 1.82) is 5.26 Å². The highest BCUT2D eigenvalue weighted by atomic mass is 15.0. The van der Waals surface area contributed by atoms with Gasteiger partial charge in [0.15, 0.2) is 0 Å². The predicted octanol–water partition coefficient (Wildman–Crippen LogP) is 0.118. The van der Waals surface area contributed by atoms with E-state index in [1.165, 1.54) is 6.42 Å². The Bertz CT molecular complexity index is 147. The van der Waals surface area contributed by atoms with Crippen LogP contribution in [0.5, 0.6) is 0 Å². The maximum atomic E-state index is 8.47. The van der Waals surface area contributed by atoms with Crippen molar-refractivity contribution in [3.63, 3.8) is 0 Å². The van der Waals surface area contributed by atoms with Crippen molar-refractivity contribution in [2.45, 2.75) is 12.5 Å². The largest absolute Gasteiger partial charge is 0.312 e. The maximum absolute atomic E-state index is 8.47. The summed E-state index contributed by atoms with van der Waals surface area (Å²) < 4.78 is 0. The van der Waals surface area contributed by atoms with E-state index in [1.54, 1.807) is 0 Å². The SMILES string of the molecule is N#CC1CN[C@H]2C[C@@H]12. The molecule has 1 saturated carbocycles. The van der Waals surface area contributed by atoms with Crippen molar-refractivity contribution in [1.82, 2.24) is 5.32 Å². The zero-order chi connectivity index (χ0) is 5.56. The number of nitrogens with one attached hydrogen (secondary N) is 1. The molecule has 0 bridgehead atoms. The van der Waals surface area contributed by atoms with E-state index in [-0.39, 0.29) is 0 Å². The first-order valence-electron chi connectivity index (χ1n) is 3.05. The van der Waals surface area contributed by atoms with Gasteiger partial charge in [0.2, 0.25) is 0 Å². The smallest absolute Gasteiger partial charge is 0.0672 e. The van der Waals surface area contributed by atoms with E-state index in [4.69, 9.17) is 5.26 Å². The average molecular weight is 108 g/mol. The second kappa shape index (κ2) is 1.24. The molecule has 8 heavy (non-hydrogen) atoms. The number of piperidine rings is 1. The van der Waals surface area contributed by atoms with Crippen LogP contribution in [0.25, 0.3) is 0 Å². The van der Waals surface area contributed by atoms with Crippen molar-refractivity contribution in [2.75, 3.05) is 6.54 Å². The molecular weight excluding hydrogens is 100 g/mol. The molecular formula is C6H8N2. The molecule has 2 aliphatic rings. The van der Waals surface area contributed by atoms with Crippen LogP contribution in [-0.4, -0.2) is 12.6 Å². The van der Waals surface area contributed by atoms with Gasteiger partial charge in [-0.3, -0.25) is 0 Å². The molecule has 2 fully saturated rings. The van der Waals surface area contributed by atoms with E-state index in [0.717, 1.165) is 18.5 Å². The Morgan fingerprint density at radius 2 is 2.50 bits per heavy atom. The predicted molar refractivity (Wildman–Crippen MR) is 29.0 cm³/mol. The van der Waals surface area contributed by atoms with Crippen LogP contribution < -0.4 is 5.32 Å². The number of fused-ring (bicyclic) bond motifs is 1. The summed E-state index contributed by atoms with van der Waals surface area (Å²) in [7, 11) is 0. The van der Waals surface area contributed by atoms with E-state index < -0.39 is 0 Å². The fraction of sp³-hybridized carbons (Fsp3) is 0.833. The summed E-state index contributed by atoms with van der Waals surface area (Å²) in [5, 5.41) is 11.7. The molecule has 1 N–H and O–H groups in total. The Labute approximate surface area is 48.5 Å². The van der Waals surface area contributed by atoms with Crippen molar-refractivity contribution in [2.24, 2.45) is 11.8 Å². The van der Waals surface area contributed by atoms with Gasteiger partial charge in [-0.1, -0.05) is 0 Å². The van der Waals surface area contributed by atoms with Crippen LogP contribution in [0.2, 0.25) is 0 Å². The third-order valence-electron chi connectivity index (χ3n) is 2.12. The molecule has 1 unspecified atom stereocenters. The third-order valence-corrected chi connectivity index (χ3v) is 2.12. The van der Waals surface area contributed by atoms with Crippen molar-refractivity contribution < 1.29 is 0 Å². The standard InChI is InChI=1S/C6H8N2/c7-2-4-3-8-6-1-5(4)6/h4-6,8H,1,3H2/t4?,5-,6-/m0/s1. The second-order valence-electron chi connectivity index (χ2n) is 2.65. The first-order valence-corrected chi connectivity index (χ1v) is 3.05. The molecule has 0 radical (unpaired) electrons. The highest BCUT2D eigenvalue weighted by Gasteiger charge is 2.48. The average Bonchev–Trinajstić information content (AvgIpc) is 2.46. The molecule has 2 nitrogen and oxygen atoms in total. The molecule has 1 aliphatic heterocycles. The number of nitrogens with zero attached hydrogens (tertiary/aromatic N) is 1. The summed E-state index contributed by atoms with van der Waals surface area (Å²) in [5.41, 5.74) is 0. The quantitative estimate of drug-likeness (QED) is 0.478. The summed E-state index contributed by atoms with van der Waals surface area (Å²) in [6.45, 7) is 0.936. The lowest BCUT2D eigenvalue weighted by molar-refractivity contribution is 0.626. The van der Waals surface area contributed by atoms with Gasteiger partial charge in [-0.2, -0.15) is 5.26 Å². The van der Waals surface area contributed by atoms with Gasteiger partial charge in [-0.15, -0.1) is 0 Å². The lowest BCUT2D eigenvalue weighted by Crippen LogP contribution is -2.14. The van der Waals surface area contributed by atoms with Gasteiger partial charge in [0.05, 0.1) is 12.0 Å². The van der Waals surface area contributed by atoms with Gasteiger partial charge < -0.3 is 5.32 Å². The van der Waals surface area contributed by atoms with Crippen molar-refractivity contribution >= 4 is 0 Å². The first-order chi connectivity index (χ1) is 3.92. The molecule has 3 atom stereocenters.